The lowest BCUT2D eigenvalue weighted by molar-refractivity contribution is -0.140. The van der Waals surface area contributed by atoms with Crippen molar-refractivity contribution < 1.29 is 22.3 Å². The SMILES string of the molecule is CCOCC.Fc1ccc(CBr)cc1C(F)(F)F. The van der Waals surface area contributed by atoms with E-state index in [-0.39, 0.29) is 5.33 Å². The fourth-order valence-electron chi connectivity index (χ4n) is 1.08. The molecule has 0 heterocycles. The molecule has 0 radical (unpaired) electrons. The van der Waals surface area contributed by atoms with Gasteiger partial charge < -0.3 is 4.74 Å². The first kappa shape index (κ1) is 17.4. The van der Waals surface area contributed by atoms with E-state index in [1.807, 2.05) is 13.8 Å². The Kier molecular flexibility index (Phi) is 8.18. The second-order valence-electron chi connectivity index (χ2n) is 3.23. The summed E-state index contributed by atoms with van der Waals surface area (Å²) in [6, 6.07) is 2.92. The van der Waals surface area contributed by atoms with E-state index in [0.717, 1.165) is 25.3 Å². The normalized spacial score (nSPS) is 10.8. The van der Waals surface area contributed by atoms with Crippen LogP contribution < -0.4 is 0 Å². The molecule has 0 unspecified atom stereocenters. The largest absolute Gasteiger partial charge is 0.419 e. The van der Waals surface area contributed by atoms with Gasteiger partial charge in [-0.05, 0) is 31.5 Å². The summed E-state index contributed by atoms with van der Waals surface area (Å²) in [6.45, 7) is 5.67. The maximum atomic E-state index is 12.7. The molecule has 0 aliphatic carbocycles. The highest BCUT2D eigenvalue weighted by Crippen LogP contribution is 2.32. The Morgan fingerprint density at radius 2 is 1.72 bits per heavy atom. The van der Waals surface area contributed by atoms with Gasteiger partial charge in [-0.1, -0.05) is 22.0 Å². The second-order valence-corrected chi connectivity index (χ2v) is 3.79. The van der Waals surface area contributed by atoms with Crippen molar-refractivity contribution in [3.05, 3.63) is 35.1 Å². The maximum absolute atomic E-state index is 12.7. The molecule has 0 N–H and O–H groups in total. The molecule has 18 heavy (non-hydrogen) atoms. The van der Waals surface area contributed by atoms with Crippen LogP contribution in [0.25, 0.3) is 0 Å². The van der Waals surface area contributed by atoms with Crippen molar-refractivity contribution in [1.29, 1.82) is 0 Å². The molecule has 0 saturated carbocycles. The molecule has 6 heteroatoms. The van der Waals surface area contributed by atoms with E-state index in [0.29, 0.717) is 5.56 Å². The minimum Gasteiger partial charge on any atom is -0.382 e. The summed E-state index contributed by atoms with van der Waals surface area (Å²) < 4.78 is 53.8. The summed E-state index contributed by atoms with van der Waals surface area (Å²) in [5.41, 5.74) is -0.821. The van der Waals surface area contributed by atoms with Crippen LogP contribution in [0.1, 0.15) is 25.0 Å². The fourth-order valence-corrected chi connectivity index (χ4v) is 1.43. The Bertz CT molecular complexity index is 350. The molecule has 0 aliphatic heterocycles. The van der Waals surface area contributed by atoms with Crippen molar-refractivity contribution in [3.63, 3.8) is 0 Å². The van der Waals surface area contributed by atoms with Crippen LogP contribution in [0.3, 0.4) is 0 Å². The number of benzene rings is 1. The molecule has 0 amide bonds. The van der Waals surface area contributed by atoms with Gasteiger partial charge in [-0.25, -0.2) is 4.39 Å². The Morgan fingerprint density at radius 1 is 1.17 bits per heavy atom. The van der Waals surface area contributed by atoms with Gasteiger partial charge in [0.05, 0.1) is 5.56 Å². The topological polar surface area (TPSA) is 9.23 Å². The first-order valence-electron chi connectivity index (χ1n) is 5.36. The summed E-state index contributed by atoms with van der Waals surface area (Å²) >= 11 is 2.99. The van der Waals surface area contributed by atoms with Gasteiger partial charge >= 0.3 is 6.18 Å². The lowest BCUT2D eigenvalue weighted by Gasteiger charge is -2.08. The molecular weight excluding hydrogens is 316 g/mol. The number of alkyl halides is 4. The van der Waals surface area contributed by atoms with Crippen molar-refractivity contribution in [2.45, 2.75) is 25.4 Å². The van der Waals surface area contributed by atoms with Gasteiger partial charge in [0.25, 0.3) is 0 Å². The maximum Gasteiger partial charge on any atom is 0.419 e. The standard InChI is InChI=1S/C8H5BrF4.C4H10O/c9-4-5-1-2-7(10)6(3-5)8(11,12)13;1-3-5-4-2/h1-3H,4H2;3-4H2,1-2H3. The molecule has 0 spiro atoms. The van der Waals surface area contributed by atoms with Crippen molar-refractivity contribution in [1.82, 2.24) is 0 Å². The summed E-state index contributed by atoms with van der Waals surface area (Å²) in [4.78, 5) is 0. The number of rotatable bonds is 3. The fraction of sp³-hybridized carbons (Fsp3) is 0.500. The average Bonchev–Trinajstić information content (AvgIpc) is 2.30. The number of halogens is 5. The van der Waals surface area contributed by atoms with E-state index >= 15 is 0 Å². The first-order valence-corrected chi connectivity index (χ1v) is 6.48. The summed E-state index contributed by atoms with van der Waals surface area (Å²) in [5.74, 6) is -1.24. The summed E-state index contributed by atoms with van der Waals surface area (Å²) in [5, 5.41) is 0.274. The van der Waals surface area contributed by atoms with Gasteiger partial charge in [-0.2, -0.15) is 13.2 Å². The van der Waals surface area contributed by atoms with E-state index in [2.05, 4.69) is 15.9 Å². The third kappa shape index (κ3) is 6.35. The van der Waals surface area contributed by atoms with Crippen molar-refractivity contribution in [2.75, 3.05) is 13.2 Å². The number of hydrogen-bond acceptors (Lipinski definition) is 1. The van der Waals surface area contributed by atoms with E-state index in [4.69, 9.17) is 4.74 Å². The molecule has 1 aromatic carbocycles. The highest BCUT2D eigenvalue weighted by molar-refractivity contribution is 9.08. The second kappa shape index (κ2) is 8.48. The number of hydrogen-bond donors (Lipinski definition) is 0. The molecule has 1 rings (SSSR count). The summed E-state index contributed by atoms with van der Waals surface area (Å²) in [6.07, 6.45) is -4.62. The Labute approximate surface area is 112 Å². The minimum absolute atomic E-state index is 0.274. The van der Waals surface area contributed by atoms with Crippen molar-refractivity contribution >= 4 is 15.9 Å². The van der Waals surface area contributed by atoms with E-state index in [9.17, 15) is 17.6 Å². The zero-order chi connectivity index (χ0) is 14.2. The monoisotopic (exact) mass is 330 g/mol. The highest BCUT2D eigenvalue weighted by atomic mass is 79.9. The molecule has 0 atom stereocenters. The third-order valence-electron chi connectivity index (χ3n) is 1.90. The van der Waals surface area contributed by atoms with E-state index < -0.39 is 17.6 Å². The zero-order valence-electron chi connectivity index (χ0n) is 10.2. The molecule has 0 aliphatic rings. The molecule has 0 bridgehead atoms. The van der Waals surface area contributed by atoms with Gasteiger partial charge in [-0.3, -0.25) is 0 Å². The van der Waals surface area contributed by atoms with Gasteiger partial charge in [0.1, 0.15) is 5.82 Å². The van der Waals surface area contributed by atoms with Gasteiger partial charge in [-0.15, -0.1) is 0 Å². The quantitative estimate of drug-likeness (QED) is 0.572. The van der Waals surface area contributed by atoms with Crippen molar-refractivity contribution in [2.24, 2.45) is 0 Å². The molecule has 104 valence electrons. The van der Waals surface area contributed by atoms with Gasteiger partial charge in [0, 0.05) is 18.5 Å². The molecule has 1 aromatic rings. The summed E-state index contributed by atoms with van der Waals surface area (Å²) in [7, 11) is 0. The van der Waals surface area contributed by atoms with Crippen LogP contribution in [0.15, 0.2) is 18.2 Å². The lowest BCUT2D eigenvalue weighted by atomic mass is 10.1. The number of ether oxygens (including phenoxy) is 1. The van der Waals surface area contributed by atoms with E-state index in [1.54, 1.807) is 0 Å². The van der Waals surface area contributed by atoms with Crippen LogP contribution in [0, 0.1) is 5.82 Å². The molecule has 0 saturated heterocycles. The molecule has 1 nitrogen and oxygen atoms in total. The molecule has 0 fully saturated rings. The van der Waals surface area contributed by atoms with Crippen molar-refractivity contribution in [3.8, 4) is 0 Å². The predicted molar refractivity (Wildman–Crippen MR) is 66.2 cm³/mol. The zero-order valence-corrected chi connectivity index (χ0v) is 11.7. The lowest BCUT2D eigenvalue weighted by Crippen LogP contribution is -2.08. The molecular formula is C12H15BrF4O. The van der Waals surface area contributed by atoms with Crippen LogP contribution in [0.4, 0.5) is 17.6 Å². The minimum atomic E-state index is -4.62. The van der Waals surface area contributed by atoms with Crippen LogP contribution in [-0.2, 0) is 16.2 Å². The Morgan fingerprint density at radius 3 is 2.06 bits per heavy atom. The first-order chi connectivity index (χ1) is 8.36. The average molecular weight is 331 g/mol. The predicted octanol–water partition coefficient (Wildman–Crippen LogP) is 4.78. The van der Waals surface area contributed by atoms with Crippen LogP contribution in [0.2, 0.25) is 0 Å². The highest BCUT2D eigenvalue weighted by Gasteiger charge is 2.33. The van der Waals surface area contributed by atoms with Crippen LogP contribution >= 0.6 is 15.9 Å². The van der Waals surface area contributed by atoms with Gasteiger partial charge in [0.15, 0.2) is 0 Å². The van der Waals surface area contributed by atoms with Crippen LogP contribution in [-0.4, -0.2) is 13.2 Å². The van der Waals surface area contributed by atoms with Gasteiger partial charge in [0.2, 0.25) is 0 Å². The van der Waals surface area contributed by atoms with E-state index in [1.165, 1.54) is 6.07 Å². The Hall–Kier alpha value is -0.620. The van der Waals surface area contributed by atoms with Crippen LogP contribution in [0.5, 0.6) is 0 Å². The molecule has 0 aromatic heterocycles. The Balaban J connectivity index is 0.000000494. The smallest absolute Gasteiger partial charge is 0.382 e. The third-order valence-corrected chi connectivity index (χ3v) is 2.55.